The predicted molar refractivity (Wildman–Crippen MR) is 197 cm³/mol. The van der Waals surface area contributed by atoms with Crippen LogP contribution in [0.4, 0.5) is 4.79 Å². The van der Waals surface area contributed by atoms with E-state index in [4.69, 9.17) is 17.0 Å². The first-order valence-electron chi connectivity index (χ1n) is 16.6. The van der Waals surface area contributed by atoms with Crippen LogP contribution in [0.5, 0.6) is 5.75 Å². The fourth-order valence-corrected chi connectivity index (χ4v) is 5.25. The number of methoxy groups -OCH3 is 1. The molecule has 0 aliphatic carbocycles. The number of urea groups is 1. The molecule has 254 valence electrons. The summed E-state index contributed by atoms with van der Waals surface area (Å²) in [5, 5.41) is 4.70. The van der Waals surface area contributed by atoms with Crippen molar-refractivity contribution in [2.24, 2.45) is 4.99 Å². The second kappa shape index (κ2) is 22.7. The van der Waals surface area contributed by atoms with E-state index in [9.17, 15) is 9.59 Å². The van der Waals surface area contributed by atoms with Gasteiger partial charge in [-0.15, -0.1) is 0 Å². The summed E-state index contributed by atoms with van der Waals surface area (Å²) in [7, 11) is 1.68. The number of hydrogen-bond acceptors (Lipinski definition) is 5. The van der Waals surface area contributed by atoms with Gasteiger partial charge in [-0.2, -0.15) is 0 Å². The molecule has 1 aromatic carbocycles. The van der Waals surface area contributed by atoms with Gasteiger partial charge in [-0.3, -0.25) is 10.1 Å². The highest BCUT2D eigenvalue weighted by Crippen LogP contribution is 2.27. The van der Waals surface area contributed by atoms with Crippen molar-refractivity contribution in [1.82, 2.24) is 20.4 Å². The zero-order valence-corrected chi connectivity index (χ0v) is 30.3. The molecule has 3 amide bonds. The van der Waals surface area contributed by atoms with Crippen molar-refractivity contribution in [1.29, 1.82) is 0 Å². The Morgan fingerprint density at radius 3 is 2.37 bits per heavy atom. The van der Waals surface area contributed by atoms with E-state index in [1.807, 2.05) is 57.3 Å². The Balaban J connectivity index is 0.000000336. The average Bonchev–Trinajstić information content (AvgIpc) is 3.56. The highest BCUT2D eigenvalue weighted by Gasteiger charge is 2.28. The number of rotatable bonds is 9. The molecule has 46 heavy (non-hydrogen) atoms. The summed E-state index contributed by atoms with van der Waals surface area (Å²) >= 11 is 5.37. The minimum absolute atomic E-state index is 0.269. The minimum atomic E-state index is -0.440. The molecule has 3 aliphatic heterocycles. The van der Waals surface area contributed by atoms with Crippen LogP contribution >= 0.6 is 12.2 Å². The number of carbonyl (C=O) groups excluding carboxylic acids is 2. The third kappa shape index (κ3) is 14.1. The number of piperidine rings is 1. The normalized spacial score (nSPS) is 17.4. The van der Waals surface area contributed by atoms with Crippen LogP contribution in [0, 0.1) is 0 Å². The van der Waals surface area contributed by atoms with E-state index in [0.717, 1.165) is 41.4 Å². The third-order valence-corrected chi connectivity index (χ3v) is 7.71. The maximum atomic E-state index is 11.1. The van der Waals surface area contributed by atoms with Crippen molar-refractivity contribution >= 4 is 35.0 Å². The van der Waals surface area contributed by atoms with E-state index in [-0.39, 0.29) is 5.91 Å². The van der Waals surface area contributed by atoms with Gasteiger partial charge in [0.05, 0.1) is 7.11 Å². The molecule has 1 aromatic rings. The average molecular weight is 652 g/mol. The molecule has 8 nitrogen and oxygen atoms in total. The number of fused-ring (bicyclic) bond motifs is 1. The highest BCUT2D eigenvalue weighted by molar-refractivity contribution is 7.80. The number of nitrogens with one attached hydrogen (secondary N) is 2. The lowest BCUT2D eigenvalue weighted by atomic mass is 10.1. The summed E-state index contributed by atoms with van der Waals surface area (Å²) in [4.78, 5) is 32.1. The number of amidine groups is 1. The molecule has 0 spiro atoms. The zero-order valence-electron chi connectivity index (χ0n) is 29.4. The van der Waals surface area contributed by atoms with Gasteiger partial charge in [0.25, 0.3) is 5.91 Å². The Morgan fingerprint density at radius 1 is 1.13 bits per heavy atom. The minimum Gasteiger partial charge on any atom is -0.497 e. The Morgan fingerprint density at radius 2 is 1.83 bits per heavy atom. The van der Waals surface area contributed by atoms with E-state index in [0.29, 0.717) is 6.42 Å². The Labute approximate surface area is 283 Å². The molecule has 3 aliphatic rings. The molecule has 2 fully saturated rings. The molecule has 4 rings (SSSR count). The third-order valence-electron chi connectivity index (χ3n) is 7.24. The molecule has 2 N–H and O–H groups in total. The second-order valence-corrected chi connectivity index (χ2v) is 11.6. The van der Waals surface area contributed by atoms with Gasteiger partial charge in [0, 0.05) is 44.4 Å². The Kier molecular flexibility index (Phi) is 19.9. The van der Waals surface area contributed by atoms with Gasteiger partial charge < -0.3 is 19.9 Å². The van der Waals surface area contributed by atoms with Crippen LogP contribution in [0.25, 0.3) is 0 Å². The number of amides is 3. The van der Waals surface area contributed by atoms with Crippen molar-refractivity contribution in [2.45, 2.75) is 99.6 Å². The fourth-order valence-electron chi connectivity index (χ4n) is 4.86. The van der Waals surface area contributed by atoms with Crippen molar-refractivity contribution in [2.75, 3.05) is 26.7 Å². The van der Waals surface area contributed by atoms with Crippen LogP contribution in [0.1, 0.15) is 98.1 Å². The van der Waals surface area contributed by atoms with Gasteiger partial charge in [0.15, 0.2) is 0 Å². The van der Waals surface area contributed by atoms with E-state index in [2.05, 4.69) is 65.8 Å². The first-order chi connectivity index (χ1) is 22.1. The van der Waals surface area contributed by atoms with Gasteiger partial charge in [-0.25, -0.2) is 9.79 Å². The van der Waals surface area contributed by atoms with E-state index in [1.54, 1.807) is 13.2 Å². The highest BCUT2D eigenvalue weighted by atomic mass is 32.1. The van der Waals surface area contributed by atoms with Crippen molar-refractivity contribution < 1.29 is 14.3 Å². The summed E-state index contributed by atoms with van der Waals surface area (Å²) in [6.45, 7) is 22.4. The van der Waals surface area contributed by atoms with Gasteiger partial charge in [-0.05, 0) is 77.5 Å². The molecule has 2 saturated heterocycles. The van der Waals surface area contributed by atoms with E-state index in [1.165, 1.54) is 55.7 Å². The first kappa shape index (κ1) is 40.3. The first-order valence-corrected chi connectivity index (χ1v) is 17.0. The molecule has 9 heteroatoms. The van der Waals surface area contributed by atoms with Crippen LogP contribution < -0.4 is 15.4 Å². The van der Waals surface area contributed by atoms with Crippen LogP contribution in [0.3, 0.4) is 0 Å². The van der Waals surface area contributed by atoms with Crippen molar-refractivity contribution in [3.8, 4) is 5.75 Å². The number of likely N-dealkylation sites (tertiary alicyclic amines) is 1. The number of benzene rings is 1. The van der Waals surface area contributed by atoms with Gasteiger partial charge >= 0.3 is 6.03 Å². The lowest BCUT2D eigenvalue weighted by molar-refractivity contribution is -0.120. The number of allylic oxidation sites excluding steroid dienone is 5. The Hall–Kier alpha value is -3.72. The number of imide groups is 1. The van der Waals surface area contributed by atoms with Crippen LogP contribution in [-0.4, -0.2) is 65.3 Å². The molecule has 0 bridgehead atoms. The molecule has 0 aromatic heterocycles. The topological polar surface area (TPSA) is 86.3 Å². The number of nitrogens with zero attached hydrogens (tertiary/aromatic N) is 3. The van der Waals surface area contributed by atoms with Gasteiger partial charge in [0.1, 0.15) is 22.6 Å². The fraction of sp³-hybridized carbons (Fsp3) is 0.514. The molecule has 1 atom stereocenters. The summed E-state index contributed by atoms with van der Waals surface area (Å²) in [6, 6.07) is 5.24. The quantitative estimate of drug-likeness (QED) is 0.0923. The summed E-state index contributed by atoms with van der Waals surface area (Å²) in [6.07, 6.45) is 16.2. The van der Waals surface area contributed by atoms with Crippen LogP contribution in [0.15, 0.2) is 71.4 Å². The summed E-state index contributed by atoms with van der Waals surface area (Å²) in [5.41, 5.74) is 4.79. The smallest absolute Gasteiger partial charge is 0.322 e. The maximum Gasteiger partial charge on any atom is 0.322 e. The number of aliphatic imine (C=N–C) groups is 1. The molecule has 1 unspecified atom stereocenters. The molecular weight excluding hydrogens is 595 g/mol. The summed E-state index contributed by atoms with van der Waals surface area (Å²) < 4.78 is 5.18. The van der Waals surface area contributed by atoms with Crippen LogP contribution in [-0.2, 0) is 11.3 Å². The van der Waals surface area contributed by atoms with Crippen molar-refractivity contribution in [3.63, 3.8) is 0 Å². The number of hydrogen-bond donors (Lipinski definition) is 2. The monoisotopic (exact) mass is 651 g/mol. The Bertz CT molecular complexity index is 1260. The molecular formula is C37H57N5O3S. The van der Waals surface area contributed by atoms with E-state index < -0.39 is 12.1 Å². The second-order valence-electron chi connectivity index (χ2n) is 11.2. The predicted octanol–water partition coefficient (Wildman–Crippen LogP) is 8.10. The van der Waals surface area contributed by atoms with Gasteiger partial charge in [0.2, 0.25) is 0 Å². The number of ether oxygens (including phenoxy) is 1. The molecule has 3 heterocycles. The number of carbonyl (C=O) groups is 2. The summed E-state index contributed by atoms with van der Waals surface area (Å²) in [5.74, 6) is 1.90. The molecule has 0 saturated carbocycles. The largest absolute Gasteiger partial charge is 0.497 e. The maximum absolute atomic E-state index is 11.1. The molecule has 0 radical (unpaired) electrons. The van der Waals surface area contributed by atoms with Crippen LogP contribution in [0.2, 0.25) is 0 Å². The lowest BCUT2D eigenvalue weighted by Crippen LogP contribution is -2.35. The zero-order chi connectivity index (χ0) is 34.5. The van der Waals surface area contributed by atoms with Crippen molar-refractivity contribution in [3.05, 3.63) is 77.6 Å². The van der Waals surface area contributed by atoms with E-state index >= 15 is 0 Å². The SMILES string of the molecule is C=C/C=C(C)\C=C/CC1NC(=O)NC1=O.CC.CCCC(=NC=C(C)C)N1CCCCC1.CCN1Cc2ccc(OC)cc2C1=S. The van der Waals surface area contributed by atoms with Gasteiger partial charge in [-0.1, -0.05) is 81.1 Å². The lowest BCUT2D eigenvalue weighted by Gasteiger charge is -2.29. The number of thiocarbonyl (C=S) groups is 1. The standard InChI is InChI=1S/C13H24N2.C11H14N2O2.C11H13NOS.C2H6/c1-4-8-13(14-11-12(2)3)15-9-6-5-7-10-15;1-3-5-8(2)6-4-7-9-10(14)13-11(15)12-9;1-3-12-7-8-4-5-9(13-2)6-10(8)11(12)14;1-2/h11H,4-10H2,1-3H3;3-6,9H,1,7H2,2H3,(H2,12,13,14,15);4-6H,3,7H2,1-2H3;1-2H3/b;6-4-,8-5-;;.